The molecule has 5 heteroatoms. The molecule has 0 aliphatic heterocycles. The molecule has 0 unspecified atom stereocenters. The zero-order valence-electron chi connectivity index (χ0n) is 1.96. The standard InChI is InChI=1S/4FH.Nb/h4*1H;/q;;;;+4/p-4. The fraction of sp³-hybridized carbons (Fsp3) is 0. The van der Waals surface area contributed by atoms with Crippen LogP contribution in [0, 0.1) is 0 Å². The first-order chi connectivity index (χ1) is 2.00. The van der Waals surface area contributed by atoms with Gasteiger partial charge in [-0.2, -0.15) is 0 Å². The minimum atomic E-state index is -7.10. The van der Waals surface area contributed by atoms with E-state index in [1.54, 1.807) is 0 Å². The van der Waals surface area contributed by atoms with Crippen LogP contribution in [0.4, 0.5) is 12.1 Å². The summed E-state index contributed by atoms with van der Waals surface area (Å²) < 4.78 is 39.6. The van der Waals surface area contributed by atoms with Crippen LogP contribution in [0.15, 0.2) is 0 Å². The number of hydrogen-bond donors (Lipinski definition) is 0. The summed E-state index contributed by atoms with van der Waals surface area (Å²) in [5.74, 6) is 0. The van der Waals surface area contributed by atoms with Crippen molar-refractivity contribution in [3.05, 3.63) is 0 Å². The summed E-state index contributed by atoms with van der Waals surface area (Å²) in [4.78, 5) is 0. The molecule has 0 rings (SSSR count). The first-order valence-electron chi connectivity index (χ1n) is 0.676. The van der Waals surface area contributed by atoms with E-state index in [4.69, 9.17) is 0 Å². The van der Waals surface area contributed by atoms with E-state index in [9.17, 15) is 12.1 Å². The van der Waals surface area contributed by atoms with Crippen LogP contribution in [0.25, 0.3) is 0 Å². The predicted molar refractivity (Wildman–Crippen MR) is 4.43 cm³/mol. The molecule has 0 saturated carbocycles. The van der Waals surface area contributed by atoms with Gasteiger partial charge < -0.3 is 0 Å². The number of hydrogen-bond acceptors (Lipinski definition) is 0. The van der Waals surface area contributed by atoms with E-state index < -0.39 is 19.3 Å². The van der Waals surface area contributed by atoms with E-state index in [1.807, 2.05) is 0 Å². The van der Waals surface area contributed by atoms with Crippen molar-refractivity contribution in [2.75, 3.05) is 0 Å². The molecular formula is F4Nb. The maximum atomic E-state index is 9.89. The van der Waals surface area contributed by atoms with Crippen molar-refractivity contribution in [3.63, 3.8) is 0 Å². The molecule has 0 bridgehead atoms. The first-order valence-corrected chi connectivity index (χ1v) is 4.00. The van der Waals surface area contributed by atoms with Crippen LogP contribution in [0.1, 0.15) is 0 Å². The first kappa shape index (κ1) is 5.46. The summed E-state index contributed by atoms with van der Waals surface area (Å²) in [7, 11) is 0. The number of rotatable bonds is 0. The normalized spacial score (nSPS) is 12.0. The van der Waals surface area contributed by atoms with Gasteiger partial charge in [0.15, 0.2) is 0 Å². The third-order valence-electron chi connectivity index (χ3n) is 0. The second-order valence-electron chi connectivity index (χ2n) is 0.383. The van der Waals surface area contributed by atoms with Gasteiger partial charge in [0, 0.05) is 0 Å². The van der Waals surface area contributed by atoms with Crippen LogP contribution in [0.2, 0.25) is 0 Å². The Hall–Kier alpha value is 0.460. The molecule has 0 atom stereocenters. The van der Waals surface area contributed by atoms with Crippen molar-refractivity contribution < 1.29 is 31.4 Å². The number of halogens is 4. The Bertz CT molecular complexity index is 19.1. The van der Waals surface area contributed by atoms with E-state index >= 15 is 0 Å². The summed E-state index contributed by atoms with van der Waals surface area (Å²) in [6, 6.07) is 0. The van der Waals surface area contributed by atoms with Gasteiger partial charge >= 0.3 is 31.4 Å². The molecule has 0 fully saturated rings. The van der Waals surface area contributed by atoms with Gasteiger partial charge in [0.1, 0.15) is 0 Å². The fourth-order valence-electron chi connectivity index (χ4n) is 0. The van der Waals surface area contributed by atoms with Crippen molar-refractivity contribution in [3.8, 4) is 0 Å². The van der Waals surface area contributed by atoms with Crippen LogP contribution in [0.3, 0.4) is 0 Å². The van der Waals surface area contributed by atoms with Crippen LogP contribution < -0.4 is 0 Å². The van der Waals surface area contributed by atoms with Gasteiger partial charge in [-0.1, -0.05) is 0 Å². The molecule has 0 heterocycles. The van der Waals surface area contributed by atoms with Crippen LogP contribution in [-0.4, -0.2) is 0 Å². The Morgan fingerprint density at radius 3 is 0.800 bits per heavy atom. The Balaban J connectivity index is 3.02. The second kappa shape index (κ2) is 1.28. The molecule has 0 aliphatic carbocycles. The van der Waals surface area contributed by atoms with Crippen LogP contribution in [0.5, 0.6) is 0 Å². The molecule has 33 valence electrons. The van der Waals surface area contributed by atoms with Crippen molar-refractivity contribution in [2.24, 2.45) is 0 Å². The Kier molecular flexibility index (Phi) is 1.40. The monoisotopic (exact) mass is 169 g/mol. The Labute approximate surface area is 32.1 Å². The maximum absolute atomic E-state index is 9.89. The second-order valence-corrected chi connectivity index (χ2v) is 2.27. The Morgan fingerprint density at radius 2 is 0.800 bits per heavy atom. The zero-order valence-corrected chi connectivity index (χ0v) is 4.16. The summed E-state index contributed by atoms with van der Waals surface area (Å²) in [5.41, 5.74) is 0. The Morgan fingerprint density at radius 1 is 0.800 bits per heavy atom. The molecule has 0 N–H and O–H groups in total. The van der Waals surface area contributed by atoms with Gasteiger partial charge in [-0.05, 0) is 0 Å². The molecule has 0 radical (unpaired) electrons. The summed E-state index contributed by atoms with van der Waals surface area (Å²) in [6.07, 6.45) is 0. The van der Waals surface area contributed by atoms with Crippen molar-refractivity contribution >= 4 is 0 Å². The molecule has 0 aliphatic rings. The van der Waals surface area contributed by atoms with E-state index in [2.05, 4.69) is 0 Å². The summed E-state index contributed by atoms with van der Waals surface area (Å²) in [6.45, 7) is 0. The average molecular weight is 169 g/mol. The molecular weight excluding hydrogens is 169 g/mol. The van der Waals surface area contributed by atoms with Gasteiger partial charge in [-0.25, -0.2) is 0 Å². The molecule has 0 nitrogen and oxygen atoms in total. The average Bonchev–Trinajstić information content (AvgIpc) is 0.722. The van der Waals surface area contributed by atoms with Crippen molar-refractivity contribution in [1.29, 1.82) is 0 Å². The van der Waals surface area contributed by atoms with Crippen molar-refractivity contribution in [1.82, 2.24) is 0 Å². The van der Waals surface area contributed by atoms with Gasteiger partial charge in [0.2, 0.25) is 0 Å². The molecule has 0 aromatic rings. The molecule has 0 spiro atoms. The molecule has 0 aromatic carbocycles. The van der Waals surface area contributed by atoms with E-state index in [1.165, 1.54) is 0 Å². The van der Waals surface area contributed by atoms with Gasteiger partial charge in [0.25, 0.3) is 0 Å². The predicted octanol–water partition coefficient (Wildman–Crippen LogP) is 1.68. The van der Waals surface area contributed by atoms with Crippen LogP contribution in [-0.2, 0) is 19.3 Å². The minimum absolute atomic E-state index is 7.10. The molecule has 0 amide bonds. The molecule has 0 saturated heterocycles. The van der Waals surface area contributed by atoms with Crippen molar-refractivity contribution in [2.45, 2.75) is 0 Å². The van der Waals surface area contributed by atoms with Gasteiger partial charge in [0.05, 0.1) is 0 Å². The molecule has 5 heavy (non-hydrogen) atoms. The third kappa shape index (κ3) is 127. The zero-order chi connectivity index (χ0) is 4.50. The van der Waals surface area contributed by atoms with Gasteiger partial charge in [-0.3, -0.25) is 0 Å². The van der Waals surface area contributed by atoms with E-state index in [0.717, 1.165) is 0 Å². The topological polar surface area (TPSA) is 0 Å². The van der Waals surface area contributed by atoms with E-state index in [0.29, 0.717) is 0 Å². The summed E-state index contributed by atoms with van der Waals surface area (Å²) in [5, 5.41) is 0. The SMILES string of the molecule is [F][Nb]([F])([F])[F]. The third-order valence-corrected chi connectivity index (χ3v) is 0. The quantitative estimate of drug-likeness (QED) is 0.382. The fourth-order valence-corrected chi connectivity index (χ4v) is 0. The van der Waals surface area contributed by atoms with E-state index in [-0.39, 0.29) is 0 Å². The van der Waals surface area contributed by atoms with Crippen LogP contribution >= 0.6 is 0 Å². The van der Waals surface area contributed by atoms with Gasteiger partial charge in [-0.15, -0.1) is 0 Å². The summed E-state index contributed by atoms with van der Waals surface area (Å²) >= 11 is -7.10. The molecule has 0 aromatic heterocycles.